The molecule has 5 N–H and O–H groups in total. The van der Waals surface area contributed by atoms with Crippen LogP contribution in [0.1, 0.15) is 32.6 Å². The van der Waals surface area contributed by atoms with Crippen molar-refractivity contribution in [2.45, 2.75) is 37.7 Å². The van der Waals surface area contributed by atoms with Crippen molar-refractivity contribution in [2.24, 2.45) is 0 Å². The number of rotatable bonds is 12. The molecule has 0 radical (unpaired) electrons. The zero-order chi connectivity index (χ0) is 17.4. The van der Waals surface area contributed by atoms with Crippen molar-refractivity contribution in [2.75, 3.05) is 31.6 Å². The maximum absolute atomic E-state index is 11.2. The summed E-state index contributed by atoms with van der Waals surface area (Å²) in [7, 11) is -9.03. The zero-order valence-corrected chi connectivity index (χ0v) is 15.6. The summed E-state index contributed by atoms with van der Waals surface area (Å²) in [6, 6.07) is 0. The van der Waals surface area contributed by atoms with Gasteiger partial charge in [0.25, 0.3) is 5.08 Å². The number of hydrogen-bond donors (Lipinski definition) is 5. The Balaban J connectivity index is 4.28. The Bertz CT molecular complexity index is 389. The number of unbranched alkanes of at least 4 members (excludes halogenated alkanes) is 2. The molecule has 0 heterocycles. The Labute approximate surface area is 135 Å². The second-order valence-corrected chi connectivity index (χ2v) is 10.5. The van der Waals surface area contributed by atoms with Crippen LogP contribution in [0.4, 0.5) is 0 Å². The lowest BCUT2D eigenvalue weighted by molar-refractivity contribution is 0.113. The van der Waals surface area contributed by atoms with Crippen LogP contribution in [0.15, 0.2) is 0 Å². The number of aliphatic hydroxyl groups is 1. The minimum atomic E-state index is -5.35. The number of nitrogens with zero attached hydrogens (tertiary/aromatic N) is 1. The van der Waals surface area contributed by atoms with E-state index in [1.165, 1.54) is 6.42 Å². The predicted octanol–water partition coefficient (Wildman–Crippen LogP) is 1.23. The summed E-state index contributed by atoms with van der Waals surface area (Å²) in [6.45, 7) is 2.71. The lowest BCUT2D eigenvalue weighted by Gasteiger charge is -2.30. The van der Waals surface area contributed by atoms with Crippen molar-refractivity contribution in [3.8, 4) is 0 Å². The fourth-order valence-electron chi connectivity index (χ4n) is 1.69. The van der Waals surface area contributed by atoms with Gasteiger partial charge in [0, 0.05) is 25.3 Å². The highest BCUT2D eigenvalue weighted by molar-refractivity contribution is 7.99. The molecule has 0 bridgehead atoms. The van der Waals surface area contributed by atoms with E-state index in [2.05, 4.69) is 6.92 Å². The average Bonchev–Trinajstić information content (AvgIpc) is 2.37. The summed E-state index contributed by atoms with van der Waals surface area (Å²) in [4.78, 5) is 37.8. The van der Waals surface area contributed by atoms with Crippen molar-refractivity contribution in [3.63, 3.8) is 0 Å². The minimum Gasteiger partial charge on any atom is -0.367 e. The van der Waals surface area contributed by atoms with Gasteiger partial charge in [0.2, 0.25) is 0 Å². The van der Waals surface area contributed by atoms with Gasteiger partial charge in [0.1, 0.15) is 0 Å². The molecule has 0 amide bonds. The summed E-state index contributed by atoms with van der Waals surface area (Å²) >= 11 is 1.75. The van der Waals surface area contributed by atoms with Gasteiger partial charge in [-0.15, -0.1) is 0 Å². The molecule has 0 aliphatic rings. The van der Waals surface area contributed by atoms with Crippen molar-refractivity contribution < 1.29 is 33.8 Å². The van der Waals surface area contributed by atoms with E-state index >= 15 is 0 Å². The van der Waals surface area contributed by atoms with E-state index in [0.29, 0.717) is 6.54 Å². The topological polar surface area (TPSA) is 139 Å². The van der Waals surface area contributed by atoms with E-state index in [0.717, 1.165) is 24.3 Å². The van der Waals surface area contributed by atoms with Crippen LogP contribution in [-0.2, 0) is 9.13 Å². The third-order valence-electron chi connectivity index (χ3n) is 3.27. The van der Waals surface area contributed by atoms with Gasteiger partial charge in [-0.3, -0.25) is 9.13 Å². The van der Waals surface area contributed by atoms with E-state index < -0.39 is 26.7 Å². The lowest BCUT2D eigenvalue weighted by atomic mass is 10.3. The summed E-state index contributed by atoms with van der Waals surface area (Å²) in [6.07, 6.45) is 2.78. The monoisotopic (exact) mass is 379 g/mol. The van der Waals surface area contributed by atoms with Crippen molar-refractivity contribution in [3.05, 3.63) is 0 Å². The molecule has 0 aromatic rings. The number of hydrogen-bond acceptors (Lipinski definition) is 5. The smallest absolute Gasteiger partial charge is 0.367 e. The van der Waals surface area contributed by atoms with E-state index in [-0.39, 0.29) is 6.54 Å². The molecule has 0 saturated carbocycles. The molecule has 0 saturated heterocycles. The van der Waals surface area contributed by atoms with Gasteiger partial charge in [-0.1, -0.05) is 19.8 Å². The van der Waals surface area contributed by atoms with Gasteiger partial charge in [0.05, 0.1) is 0 Å². The van der Waals surface area contributed by atoms with Crippen LogP contribution in [-0.4, -0.2) is 66.3 Å². The Morgan fingerprint density at radius 1 is 1.00 bits per heavy atom. The lowest BCUT2D eigenvalue weighted by Crippen LogP contribution is -2.34. The molecule has 0 fully saturated rings. The van der Waals surface area contributed by atoms with E-state index in [4.69, 9.17) is 19.6 Å². The summed E-state index contributed by atoms with van der Waals surface area (Å²) in [5, 5.41) is 6.43. The zero-order valence-electron chi connectivity index (χ0n) is 13.0. The van der Waals surface area contributed by atoms with Gasteiger partial charge < -0.3 is 29.6 Å². The van der Waals surface area contributed by atoms with E-state index in [9.17, 15) is 14.2 Å². The van der Waals surface area contributed by atoms with Gasteiger partial charge in [-0.2, -0.15) is 11.8 Å². The van der Waals surface area contributed by atoms with Crippen LogP contribution < -0.4 is 0 Å². The van der Waals surface area contributed by atoms with Crippen molar-refractivity contribution in [1.82, 2.24) is 4.90 Å². The van der Waals surface area contributed by atoms with Gasteiger partial charge >= 0.3 is 15.2 Å². The largest absolute Gasteiger partial charge is 0.369 e. The summed E-state index contributed by atoms with van der Waals surface area (Å²) in [5.74, 6) is 1.85. The average molecular weight is 379 g/mol. The van der Waals surface area contributed by atoms with Crippen LogP contribution in [0.25, 0.3) is 0 Å². The molecule has 0 aliphatic carbocycles. The van der Waals surface area contributed by atoms with Crippen LogP contribution >= 0.6 is 27.0 Å². The maximum Gasteiger partial charge on any atom is 0.369 e. The number of thioether (sulfide) groups is 1. The van der Waals surface area contributed by atoms with Crippen molar-refractivity contribution in [1.29, 1.82) is 0 Å². The molecule has 0 aromatic carbocycles. The molecule has 0 unspecified atom stereocenters. The first-order chi connectivity index (χ1) is 9.95. The first-order valence-electron chi connectivity index (χ1n) is 7.05. The molecule has 8 nitrogen and oxygen atoms in total. The highest BCUT2D eigenvalue weighted by Crippen LogP contribution is 2.68. The van der Waals surface area contributed by atoms with Gasteiger partial charge in [-0.05, 0) is 19.2 Å². The predicted molar refractivity (Wildman–Crippen MR) is 88.0 cm³/mol. The van der Waals surface area contributed by atoms with Gasteiger partial charge in [-0.25, -0.2) is 0 Å². The summed E-state index contributed by atoms with van der Waals surface area (Å²) in [5.41, 5.74) is 0. The van der Waals surface area contributed by atoms with E-state index in [1.54, 1.807) is 23.7 Å². The van der Waals surface area contributed by atoms with Crippen LogP contribution in [0.5, 0.6) is 0 Å². The molecule has 0 atom stereocenters. The SMILES string of the molecule is CCCCCSCCN(C)CCC(O)(P(=O)(O)O)P(=O)(O)O. The second-order valence-electron chi connectivity index (χ2n) is 5.24. The third-order valence-corrected chi connectivity index (χ3v) is 8.20. The summed E-state index contributed by atoms with van der Waals surface area (Å²) < 4.78 is 22.4. The molecular weight excluding hydrogens is 352 g/mol. The molecular formula is C11H27NO7P2S. The van der Waals surface area contributed by atoms with Crippen molar-refractivity contribution >= 4 is 27.0 Å². The second kappa shape index (κ2) is 9.77. The van der Waals surface area contributed by atoms with Crippen LogP contribution in [0.3, 0.4) is 0 Å². The molecule has 11 heteroatoms. The first kappa shape index (κ1) is 22.6. The fourth-order valence-corrected chi connectivity index (χ4v) is 4.88. The molecule has 0 aromatic heterocycles. The third kappa shape index (κ3) is 7.43. The molecule has 0 rings (SSSR count). The maximum atomic E-state index is 11.2. The Hall–Kier alpha value is 0.570. The Morgan fingerprint density at radius 3 is 2.00 bits per heavy atom. The quantitative estimate of drug-likeness (QED) is 0.250. The molecule has 134 valence electrons. The molecule has 22 heavy (non-hydrogen) atoms. The highest BCUT2D eigenvalue weighted by atomic mass is 32.2. The van der Waals surface area contributed by atoms with Gasteiger partial charge in [0.15, 0.2) is 0 Å². The Morgan fingerprint density at radius 2 is 1.55 bits per heavy atom. The molecule has 0 spiro atoms. The minimum absolute atomic E-state index is 0.0256. The highest BCUT2D eigenvalue weighted by Gasteiger charge is 2.58. The standard InChI is InChI=1S/C11H27NO7P2S/c1-3-4-5-9-22-10-8-12(2)7-6-11(13,20(14,15)16)21(17,18)19/h13H,3-10H2,1-2H3,(H2,14,15,16)(H2,17,18,19). The normalized spacial score (nSPS) is 13.8. The Kier molecular flexibility index (Phi) is 10.0. The van der Waals surface area contributed by atoms with Crippen LogP contribution in [0.2, 0.25) is 0 Å². The van der Waals surface area contributed by atoms with Crippen LogP contribution in [0, 0.1) is 0 Å². The molecule has 0 aliphatic heterocycles. The first-order valence-corrected chi connectivity index (χ1v) is 11.4. The fraction of sp³-hybridized carbons (Fsp3) is 1.00. The van der Waals surface area contributed by atoms with E-state index in [1.807, 2.05) is 0 Å².